The number of pyridine rings is 1. The highest BCUT2D eigenvalue weighted by Gasteiger charge is 2.34. The molecule has 1 fully saturated rings. The van der Waals surface area contributed by atoms with Crippen LogP contribution in [0.4, 0.5) is 23.2 Å². The lowest BCUT2D eigenvalue weighted by Gasteiger charge is -2.31. The number of carbonyl (C=O) groups is 1. The number of anilines is 1. The Bertz CT molecular complexity index is 1440. The summed E-state index contributed by atoms with van der Waals surface area (Å²) in [5.74, 6) is -1.54. The number of nitrogens with two attached hydrogens (primary N) is 1. The van der Waals surface area contributed by atoms with Gasteiger partial charge in [-0.05, 0) is 62.1 Å². The van der Waals surface area contributed by atoms with E-state index in [1.807, 2.05) is 0 Å². The Morgan fingerprint density at radius 2 is 1.83 bits per heavy atom. The SMILES string of the molecule is NC(=O)c1ccc2c(cnn2C2CCC(Nc3cc(C(F)(F)F)nc4ccc(Cl)cc34)CC2)c1F. The van der Waals surface area contributed by atoms with Crippen LogP contribution in [0, 0.1) is 5.82 Å². The largest absolute Gasteiger partial charge is 0.433 e. The number of alkyl halides is 3. The molecule has 0 atom stereocenters. The van der Waals surface area contributed by atoms with Crippen molar-refractivity contribution < 1.29 is 22.4 Å². The van der Waals surface area contributed by atoms with Gasteiger partial charge in [-0.15, -0.1) is 0 Å². The number of hydrogen-bond acceptors (Lipinski definition) is 4. The number of hydrogen-bond donors (Lipinski definition) is 2. The van der Waals surface area contributed by atoms with Crippen LogP contribution in [-0.4, -0.2) is 26.7 Å². The second-order valence-electron chi connectivity index (χ2n) is 8.68. The van der Waals surface area contributed by atoms with Crippen molar-refractivity contribution in [2.45, 2.75) is 43.9 Å². The van der Waals surface area contributed by atoms with Crippen LogP contribution >= 0.6 is 11.6 Å². The first-order valence-electron chi connectivity index (χ1n) is 11.0. The van der Waals surface area contributed by atoms with Gasteiger partial charge in [0, 0.05) is 22.1 Å². The summed E-state index contributed by atoms with van der Waals surface area (Å²) in [6, 6.07) is 8.49. The summed E-state index contributed by atoms with van der Waals surface area (Å²) in [6.45, 7) is 0. The highest BCUT2D eigenvalue weighted by atomic mass is 35.5. The van der Waals surface area contributed by atoms with Crippen molar-refractivity contribution in [1.82, 2.24) is 14.8 Å². The minimum Gasteiger partial charge on any atom is -0.382 e. The number of carbonyl (C=O) groups excluding carboxylic acids is 1. The normalized spacial score (nSPS) is 18.8. The molecule has 1 aliphatic carbocycles. The summed E-state index contributed by atoms with van der Waals surface area (Å²) < 4.78 is 56.6. The molecule has 2 aromatic carbocycles. The van der Waals surface area contributed by atoms with E-state index in [2.05, 4.69) is 15.4 Å². The van der Waals surface area contributed by atoms with Crippen LogP contribution in [-0.2, 0) is 6.18 Å². The number of nitrogens with one attached hydrogen (secondary N) is 1. The third kappa shape index (κ3) is 4.38. The predicted octanol–water partition coefficient (Wildman–Crippen LogP) is 6.09. The predicted molar refractivity (Wildman–Crippen MR) is 125 cm³/mol. The maximum Gasteiger partial charge on any atom is 0.433 e. The molecule has 0 unspecified atom stereocenters. The van der Waals surface area contributed by atoms with Gasteiger partial charge in [0.05, 0.1) is 34.2 Å². The lowest BCUT2D eigenvalue weighted by atomic mass is 9.90. The number of benzene rings is 2. The lowest BCUT2D eigenvalue weighted by Crippen LogP contribution is -2.28. The molecule has 3 N–H and O–H groups in total. The number of nitrogens with zero attached hydrogens (tertiary/aromatic N) is 3. The van der Waals surface area contributed by atoms with E-state index in [0.717, 1.165) is 6.07 Å². The zero-order valence-corrected chi connectivity index (χ0v) is 19.0. The van der Waals surface area contributed by atoms with E-state index in [0.29, 0.717) is 47.3 Å². The fourth-order valence-electron chi connectivity index (χ4n) is 4.72. The fourth-order valence-corrected chi connectivity index (χ4v) is 4.89. The molecular formula is C24H20ClF4N5O. The van der Waals surface area contributed by atoms with Gasteiger partial charge in [0.1, 0.15) is 11.5 Å². The standard InChI is InChI=1S/C24H20ClF4N5O/c25-12-1-7-18-16(9-12)19(10-21(33-18)24(27,28)29)32-13-2-4-14(5-3-13)34-20-8-6-15(23(30)35)22(26)17(20)11-31-34/h1,6-11,13-14H,2-5H2,(H2,30,35)(H,32,33). The number of fused-ring (bicyclic) bond motifs is 2. The van der Waals surface area contributed by atoms with Crippen LogP contribution in [0.15, 0.2) is 42.6 Å². The molecule has 0 saturated heterocycles. The van der Waals surface area contributed by atoms with Crippen LogP contribution in [0.3, 0.4) is 0 Å². The molecule has 182 valence electrons. The third-order valence-corrected chi connectivity index (χ3v) is 6.68. The smallest absolute Gasteiger partial charge is 0.382 e. The summed E-state index contributed by atoms with van der Waals surface area (Å²) in [7, 11) is 0. The van der Waals surface area contributed by atoms with Gasteiger partial charge >= 0.3 is 6.18 Å². The molecule has 4 aromatic rings. The lowest BCUT2D eigenvalue weighted by molar-refractivity contribution is -0.140. The van der Waals surface area contributed by atoms with Crippen molar-refractivity contribution in [2.75, 3.05) is 5.32 Å². The molecule has 2 aromatic heterocycles. The molecule has 1 aliphatic rings. The van der Waals surface area contributed by atoms with Crippen LogP contribution in [0.2, 0.25) is 5.02 Å². The van der Waals surface area contributed by atoms with Gasteiger partial charge in [-0.25, -0.2) is 9.37 Å². The van der Waals surface area contributed by atoms with Crippen molar-refractivity contribution >= 4 is 45.0 Å². The van der Waals surface area contributed by atoms with Gasteiger partial charge in [0.25, 0.3) is 5.91 Å². The van der Waals surface area contributed by atoms with Crippen molar-refractivity contribution in [3.05, 3.63) is 64.7 Å². The van der Waals surface area contributed by atoms with E-state index < -0.39 is 23.6 Å². The quantitative estimate of drug-likeness (QED) is 0.329. The number of primary amides is 1. The van der Waals surface area contributed by atoms with Crippen LogP contribution < -0.4 is 11.1 Å². The monoisotopic (exact) mass is 505 g/mol. The third-order valence-electron chi connectivity index (χ3n) is 6.44. The first kappa shape index (κ1) is 23.3. The van der Waals surface area contributed by atoms with Crippen molar-refractivity contribution in [2.24, 2.45) is 5.73 Å². The summed E-state index contributed by atoms with van der Waals surface area (Å²) in [5.41, 5.74) is 5.17. The fraction of sp³-hybridized carbons (Fsp3) is 0.292. The Morgan fingerprint density at radius 1 is 1.09 bits per heavy atom. The van der Waals surface area contributed by atoms with Gasteiger partial charge in [-0.1, -0.05) is 11.6 Å². The maximum absolute atomic E-state index is 14.6. The number of aromatic nitrogens is 3. The molecule has 1 saturated carbocycles. The molecule has 1 amide bonds. The summed E-state index contributed by atoms with van der Waals surface area (Å²) in [4.78, 5) is 15.2. The topological polar surface area (TPSA) is 85.8 Å². The van der Waals surface area contributed by atoms with E-state index >= 15 is 0 Å². The zero-order valence-electron chi connectivity index (χ0n) is 18.2. The Hall–Kier alpha value is -3.40. The Kier molecular flexibility index (Phi) is 5.79. The molecule has 0 aliphatic heterocycles. The molecular weight excluding hydrogens is 486 g/mol. The van der Waals surface area contributed by atoms with Crippen LogP contribution in [0.1, 0.15) is 47.8 Å². The Labute approximate surface area is 202 Å². The summed E-state index contributed by atoms with van der Waals surface area (Å²) in [5, 5.41) is 8.74. The minimum absolute atomic E-state index is 0.0151. The molecule has 35 heavy (non-hydrogen) atoms. The van der Waals surface area contributed by atoms with E-state index in [9.17, 15) is 22.4 Å². The second-order valence-corrected chi connectivity index (χ2v) is 9.11. The number of rotatable bonds is 4. The highest BCUT2D eigenvalue weighted by Crippen LogP contribution is 2.37. The van der Waals surface area contributed by atoms with E-state index in [-0.39, 0.29) is 28.6 Å². The van der Waals surface area contributed by atoms with E-state index in [1.165, 1.54) is 24.4 Å². The second kappa shape index (κ2) is 8.67. The average Bonchev–Trinajstić information content (AvgIpc) is 3.24. The van der Waals surface area contributed by atoms with Crippen LogP contribution in [0.25, 0.3) is 21.8 Å². The van der Waals surface area contributed by atoms with Crippen molar-refractivity contribution in [3.63, 3.8) is 0 Å². The molecule has 11 heteroatoms. The van der Waals surface area contributed by atoms with Gasteiger partial charge in [0.15, 0.2) is 0 Å². The molecule has 0 spiro atoms. The molecule has 2 heterocycles. The number of halogens is 5. The van der Waals surface area contributed by atoms with Gasteiger partial charge in [-0.2, -0.15) is 18.3 Å². The van der Waals surface area contributed by atoms with Gasteiger partial charge in [-0.3, -0.25) is 9.48 Å². The molecule has 0 radical (unpaired) electrons. The minimum atomic E-state index is -4.58. The molecule has 0 bridgehead atoms. The summed E-state index contributed by atoms with van der Waals surface area (Å²) in [6.07, 6.45) is -0.494. The Balaban J connectivity index is 1.37. The first-order valence-corrected chi connectivity index (χ1v) is 11.4. The van der Waals surface area contributed by atoms with Gasteiger partial charge < -0.3 is 11.1 Å². The van der Waals surface area contributed by atoms with Crippen molar-refractivity contribution in [3.8, 4) is 0 Å². The van der Waals surface area contributed by atoms with Crippen molar-refractivity contribution in [1.29, 1.82) is 0 Å². The number of amides is 1. The Morgan fingerprint density at radius 3 is 2.51 bits per heavy atom. The average molecular weight is 506 g/mol. The first-order chi connectivity index (χ1) is 16.6. The van der Waals surface area contributed by atoms with E-state index in [1.54, 1.807) is 16.8 Å². The summed E-state index contributed by atoms with van der Waals surface area (Å²) >= 11 is 6.09. The molecule has 6 nitrogen and oxygen atoms in total. The van der Waals surface area contributed by atoms with Crippen LogP contribution in [0.5, 0.6) is 0 Å². The van der Waals surface area contributed by atoms with Gasteiger partial charge in [0.2, 0.25) is 0 Å². The van der Waals surface area contributed by atoms with E-state index in [4.69, 9.17) is 17.3 Å². The zero-order chi connectivity index (χ0) is 24.9. The maximum atomic E-state index is 14.6. The molecule has 5 rings (SSSR count). The highest BCUT2D eigenvalue weighted by molar-refractivity contribution is 6.31.